The summed E-state index contributed by atoms with van der Waals surface area (Å²) >= 11 is 0. The molecule has 0 aromatic carbocycles. The van der Waals surface area contributed by atoms with E-state index >= 15 is 0 Å². The molecule has 0 aliphatic carbocycles. The van der Waals surface area contributed by atoms with Crippen LogP contribution in [0.4, 0.5) is 0 Å². The van der Waals surface area contributed by atoms with Crippen LogP contribution in [0, 0.1) is 0 Å². The van der Waals surface area contributed by atoms with Gasteiger partial charge in [0.15, 0.2) is 0 Å². The molecule has 4 unspecified atom stereocenters. The lowest BCUT2D eigenvalue weighted by Crippen LogP contribution is -2.90. The van der Waals surface area contributed by atoms with Gasteiger partial charge in [-0.2, -0.15) is 0 Å². The first-order valence-electron chi connectivity index (χ1n) is 18.9. The van der Waals surface area contributed by atoms with Crippen LogP contribution >= 0.6 is 0 Å². The lowest BCUT2D eigenvalue weighted by Gasteiger charge is -2.68. The molecule has 13 nitrogen and oxygen atoms in total. The van der Waals surface area contributed by atoms with Gasteiger partial charge in [-0.3, -0.25) is 0 Å². The van der Waals surface area contributed by atoms with Crippen LogP contribution in [0.5, 0.6) is 0 Å². The van der Waals surface area contributed by atoms with Gasteiger partial charge in [0, 0.05) is 40.3 Å². The summed E-state index contributed by atoms with van der Waals surface area (Å²) in [6.07, 6.45) is 0. The first-order valence-corrected chi connectivity index (χ1v) is 32.8. The standard InChI is InChI=1S/C32H74O13Si8/c1-25(2,3)46(33)35-48(27(7,8)9)39-50(29(13,14)15)37-47(34,26(4,5)6)38-51(30(16,17)18)40-49(36-46,28(10,11)12)42-52(41-48,31(19,20)21)45-53(43-50,44-51)32(22,23)24/h33-34H,1-24H3. The normalized spacial score (nSPS) is 42.7. The molecule has 0 amide bonds. The van der Waals surface area contributed by atoms with Gasteiger partial charge in [0.2, 0.25) is 0 Å². The van der Waals surface area contributed by atoms with Crippen LogP contribution < -0.4 is 0 Å². The third-order valence-electron chi connectivity index (χ3n) is 10.4. The molecule has 53 heavy (non-hydrogen) atoms. The molecule has 312 valence electrons. The molecule has 4 atom stereocenters. The molecule has 0 aromatic rings. The van der Waals surface area contributed by atoms with Gasteiger partial charge in [-0.05, 0) is 0 Å². The van der Waals surface area contributed by atoms with E-state index in [1.165, 1.54) is 0 Å². The van der Waals surface area contributed by atoms with Crippen molar-refractivity contribution in [2.24, 2.45) is 0 Å². The zero-order valence-corrected chi connectivity index (χ0v) is 45.4. The Kier molecular flexibility index (Phi) is 11.0. The molecule has 0 spiro atoms. The molecule has 6 bridgehead atoms. The lowest BCUT2D eigenvalue weighted by atomic mass is 10.3. The molecule has 0 aromatic heterocycles. The third-order valence-corrected chi connectivity index (χ3v) is 49.0. The van der Waals surface area contributed by atoms with E-state index in [1.807, 2.05) is 166 Å². The Hall–Kier alpha value is 1.22. The summed E-state index contributed by atoms with van der Waals surface area (Å²) in [5, 5.41) is -7.54. The summed E-state index contributed by atoms with van der Waals surface area (Å²) in [6, 6.07) is 0. The zero-order chi connectivity index (χ0) is 41.8. The minimum atomic E-state index is -4.57. The van der Waals surface area contributed by atoms with E-state index < -0.39 is 111 Å². The number of fused-ring (bicyclic) bond motifs is 4. The number of rotatable bonds is 0. The Labute approximate surface area is 330 Å². The maximum atomic E-state index is 13.3. The van der Waals surface area contributed by atoms with Crippen LogP contribution in [-0.4, -0.2) is 80.0 Å². The van der Waals surface area contributed by atoms with Crippen LogP contribution in [0.15, 0.2) is 0 Å². The second-order valence-corrected chi connectivity index (χ2v) is 53.6. The monoisotopic (exact) mass is 890 g/mol. The fraction of sp³-hybridized carbons (Fsp3) is 1.00. The average Bonchev–Trinajstić information content (AvgIpc) is 2.78. The first-order chi connectivity index (χ1) is 22.8. The second-order valence-electron chi connectivity index (χ2n) is 23.6. The SMILES string of the molecule is CC(C)(C)[Si]1(O)O[Si]2(C(C)(C)C)O[Si]3(C(C)(C)C)O[Si](O)(C(C)(C)C)O[Si]4(C(C)(C)C)O[Si](C(C)(C)C)(O1)O[Si](C(C)(C)C)(O2)O[Si](C(C)(C)C)(O3)O4. The molecule has 0 saturated carbocycles. The smallest absolute Gasteiger partial charge is 0.390 e. The summed E-state index contributed by atoms with van der Waals surface area (Å²) in [5.74, 6) is 0. The molecule has 0 radical (unpaired) electrons. The predicted molar refractivity (Wildman–Crippen MR) is 220 cm³/mol. The molecule has 4 aliphatic heterocycles. The van der Waals surface area contributed by atoms with Gasteiger partial charge < -0.3 is 54.9 Å². The lowest BCUT2D eigenvalue weighted by molar-refractivity contribution is -0.0450. The summed E-state index contributed by atoms with van der Waals surface area (Å²) in [4.78, 5) is 26.7. The van der Waals surface area contributed by atoms with E-state index in [2.05, 4.69) is 0 Å². The molecule has 4 aliphatic rings. The molecular weight excluding hydrogens is 817 g/mol. The summed E-state index contributed by atoms with van der Waals surface area (Å²) < 4.78 is 83.9. The van der Waals surface area contributed by atoms with Gasteiger partial charge in [0.05, 0.1) is 0 Å². The Morgan fingerprint density at radius 1 is 0.208 bits per heavy atom. The Morgan fingerprint density at radius 2 is 0.321 bits per heavy atom. The fourth-order valence-electron chi connectivity index (χ4n) is 5.75. The third kappa shape index (κ3) is 7.20. The van der Waals surface area contributed by atoms with E-state index in [0.29, 0.717) is 0 Å². The first kappa shape index (κ1) is 46.9. The van der Waals surface area contributed by atoms with Gasteiger partial charge in [0.1, 0.15) is 0 Å². The van der Waals surface area contributed by atoms with Gasteiger partial charge in [-0.1, -0.05) is 166 Å². The highest BCUT2D eigenvalue weighted by Gasteiger charge is 2.88. The van der Waals surface area contributed by atoms with Crippen molar-refractivity contribution in [1.29, 1.82) is 0 Å². The van der Waals surface area contributed by atoms with Crippen molar-refractivity contribution in [2.75, 3.05) is 0 Å². The van der Waals surface area contributed by atoms with E-state index in [1.54, 1.807) is 0 Å². The van der Waals surface area contributed by atoms with Crippen molar-refractivity contribution in [3.05, 3.63) is 0 Å². The van der Waals surface area contributed by atoms with Crippen LogP contribution in [0.2, 0.25) is 40.3 Å². The van der Waals surface area contributed by atoms with Gasteiger partial charge in [-0.15, -0.1) is 0 Å². The number of hydrogen-bond donors (Lipinski definition) is 2. The molecule has 4 saturated heterocycles. The predicted octanol–water partition coefficient (Wildman–Crippen LogP) is 9.12. The van der Waals surface area contributed by atoms with Crippen LogP contribution in [0.25, 0.3) is 0 Å². The van der Waals surface area contributed by atoms with Crippen molar-refractivity contribution in [3.8, 4) is 0 Å². The highest BCUT2D eigenvalue weighted by Crippen LogP contribution is 2.66. The van der Waals surface area contributed by atoms with E-state index in [4.69, 9.17) is 45.3 Å². The minimum absolute atomic E-state index is 0.867. The van der Waals surface area contributed by atoms with Crippen molar-refractivity contribution in [1.82, 2.24) is 0 Å². The highest BCUT2D eigenvalue weighted by molar-refractivity contribution is 7.03. The Bertz CT molecular complexity index is 1250. The van der Waals surface area contributed by atoms with Gasteiger partial charge in [-0.25, -0.2) is 0 Å². The average molecular weight is 892 g/mol. The van der Waals surface area contributed by atoms with E-state index in [-0.39, 0.29) is 0 Å². The van der Waals surface area contributed by atoms with E-state index in [9.17, 15) is 9.59 Å². The maximum Gasteiger partial charge on any atom is 0.489 e. The molecule has 4 heterocycles. The van der Waals surface area contributed by atoms with Crippen LogP contribution in [0.1, 0.15) is 166 Å². The van der Waals surface area contributed by atoms with Crippen LogP contribution in [0.3, 0.4) is 0 Å². The maximum absolute atomic E-state index is 13.3. The molecule has 2 N–H and O–H groups in total. The summed E-state index contributed by atoms with van der Waals surface area (Å²) in [6.45, 7) is 46.8. The Balaban J connectivity index is 2.47. The summed E-state index contributed by atoms with van der Waals surface area (Å²) in [7, 11) is -35.8. The minimum Gasteiger partial charge on any atom is -0.390 e. The second kappa shape index (κ2) is 12.4. The zero-order valence-electron chi connectivity index (χ0n) is 37.4. The summed E-state index contributed by atoms with van der Waals surface area (Å²) in [5.41, 5.74) is 0. The molecule has 21 heteroatoms. The highest BCUT2D eigenvalue weighted by atomic mass is 28.6. The Morgan fingerprint density at radius 3 is 0.415 bits per heavy atom. The van der Waals surface area contributed by atoms with Gasteiger partial charge in [0.25, 0.3) is 0 Å². The van der Waals surface area contributed by atoms with Crippen LogP contribution in [-0.2, 0) is 45.3 Å². The van der Waals surface area contributed by atoms with E-state index in [0.717, 1.165) is 0 Å². The topological polar surface area (TPSA) is 142 Å². The van der Waals surface area contributed by atoms with Crippen molar-refractivity contribution in [2.45, 2.75) is 206 Å². The van der Waals surface area contributed by atoms with Crippen molar-refractivity contribution < 1.29 is 54.9 Å². The van der Waals surface area contributed by atoms with Crippen molar-refractivity contribution >= 4 is 70.4 Å². The molecule has 4 fully saturated rings. The van der Waals surface area contributed by atoms with Gasteiger partial charge >= 0.3 is 70.4 Å². The quantitative estimate of drug-likeness (QED) is 0.224. The molecular formula is C32H74O13Si8. The number of hydrogen-bond acceptors (Lipinski definition) is 13. The molecule has 4 rings (SSSR count). The largest absolute Gasteiger partial charge is 0.489 e. The fourth-order valence-corrected chi connectivity index (χ4v) is 59.3. The van der Waals surface area contributed by atoms with Crippen molar-refractivity contribution in [3.63, 3.8) is 0 Å².